The summed E-state index contributed by atoms with van der Waals surface area (Å²) in [5, 5.41) is 4.13. The molecule has 0 aliphatic carbocycles. The van der Waals surface area contributed by atoms with Crippen molar-refractivity contribution in [3.05, 3.63) is 53.9 Å². The molecule has 2 heterocycles. The van der Waals surface area contributed by atoms with Crippen molar-refractivity contribution < 1.29 is 22.4 Å². The standard InChI is InChI=1S/C24H29N3O5S/c1-16(2)31-21-12-9-18(14-22(21)30-4)23-25-24(32-26-23)19-6-5-13-27(15-19)33(28,29)20-10-7-17(3)8-11-20/h7-12,14,16,19H,5-6,13,15H2,1-4H3/t19-/m0/s1. The van der Waals surface area contributed by atoms with Crippen LogP contribution >= 0.6 is 0 Å². The molecule has 176 valence electrons. The summed E-state index contributed by atoms with van der Waals surface area (Å²) in [6.45, 7) is 6.61. The second-order valence-electron chi connectivity index (χ2n) is 8.50. The summed E-state index contributed by atoms with van der Waals surface area (Å²) >= 11 is 0. The summed E-state index contributed by atoms with van der Waals surface area (Å²) in [4.78, 5) is 4.88. The van der Waals surface area contributed by atoms with Crippen LogP contribution in [0.4, 0.5) is 0 Å². The Balaban J connectivity index is 1.53. The summed E-state index contributed by atoms with van der Waals surface area (Å²) in [6.07, 6.45) is 1.53. The van der Waals surface area contributed by atoms with E-state index in [0.29, 0.717) is 41.2 Å². The average Bonchev–Trinajstić information content (AvgIpc) is 3.30. The Morgan fingerprint density at radius 2 is 1.88 bits per heavy atom. The van der Waals surface area contributed by atoms with E-state index in [1.54, 1.807) is 25.3 Å². The normalized spacial score (nSPS) is 17.3. The van der Waals surface area contributed by atoms with Gasteiger partial charge in [-0.1, -0.05) is 22.9 Å². The first-order valence-corrected chi connectivity index (χ1v) is 12.5. The minimum absolute atomic E-state index is 0.0203. The van der Waals surface area contributed by atoms with Gasteiger partial charge in [-0.25, -0.2) is 8.42 Å². The highest BCUT2D eigenvalue weighted by molar-refractivity contribution is 7.89. The second kappa shape index (κ2) is 9.52. The van der Waals surface area contributed by atoms with Crippen LogP contribution in [0.3, 0.4) is 0 Å². The molecule has 8 nitrogen and oxygen atoms in total. The van der Waals surface area contributed by atoms with Crippen molar-refractivity contribution in [2.75, 3.05) is 20.2 Å². The number of sulfonamides is 1. The lowest BCUT2D eigenvalue weighted by Gasteiger charge is -2.30. The Labute approximate surface area is 194 Å². The zero-order chi connectivity index (χ0) is 23.6. The summed E-state index contributed by atoms with van der Waals surface area (Å²) in [6, 6.07) is 12.4. The lowest BCUT2D eigenvalue weighted by atomic mass is 10.00. The van der Waals surface area contributed by atoms with Crippen LogP contribution in [0.25, 0.3) is 11.4 Å². The largest absolute Gasteiger partial charge is 0.493 e. The maximum Gasteiger partial charge on any atom is 0.243 e. The summed E-state index contributed by atoms with van der Waals surface area (Å²) in [5.41, 5.74) is 1.75. The molecule has 0 saturated carbocycles. The highest BCUT2D eigenvalue weighted by Crippen LogP contribution is 2.34. The number of hydrogen-bond acceptors (Lipinski definition) is 7. The molecule has 2 aromatic carbocycles. The molecule has 1 atom stereocenters. The van der Waals surface area contributed by atoms with Crippen LogP contribution in [-0.2, 0) is 10.0 Å². The fourth-order valence-corrected chi connectivity index (χ4v) is 5.42. The van der Waals surface area contributed by atoms with Crippen LogP contribution < -0.4 is 9.47 Å². The summed E-state index contributed by atoms with van der Waals surface area (Å²) in [5.74, 6) is 1.93. The molecule has 33 heavy (non-hydrogen) atoms. The van der Waals surface area contributed by atoms with Gasteiger partial charge in [0.15, 0.2) is 11.5 Å². The van der Waals surface area contributed by atoms with E-state index in [9.17, 15) is 8.42 Å². The van der Waals surface area contributed by atoms with Gasteiger partial charge in [-0.2, -0.15) is 9.29 Å². The van der Waals surface area contributed by atoms with Gasteiger partial charge >= 0.3 is 0 Å². The van der Waals surface area contributed by atoms with Crippen molar-refractivity contribution in [2.24, 2.45) is 0 Å². The zero-order valence-corrected chi connectivity index (χ0v) is 20.1. The van der Waals surface area contributed by atoms with E-state index in [2.05, 4.69) is 10.1 Å². The van der Waals surface area contributed by atoms with Gasteiger partial charge in [0.05, 0.1) is 24.0 Å². The van der Waals surface area contributed by atoms with Crippen molar-refractivity contribution in [3.8, 4) is 22.9 Å². The number of aromatic nitrogens is 2. The van der Waals surface area contributed by atoms with Crippen LogP contribution in [0, 0.1) is 6.92 Å². The first kappa shape index (κ1) is 23.3. The first-order valence-electron chi connectivity index (χ1n) is 11.0. The van der Waals surface area contributed by atoms with Crippen molar-refractivity contribution in [2.45, 2.75) is 50.5 Å². The van der Waals surface area contributed by atoms with Crippen LogP contribution in [0.2, 0.25) is 0 Å². The molecule has 9 heteroatoms. The molecule has 1 aromatic heterocycles. The molecule has 0 N–H and O–H groups in total. The minimum atomic E-state index is -3.58. The number of piperidine rings is 1. The van der Waals surface area contributed by atoms with Gasteiger partial charge in [-0.15, -0.1) is 0 Å². The predicted molar refractivity (Wildman–Crippen MR) is 124 cm³/mol. The van der Waals surface area contributed by atoms with Crippen LogP contribution in [0.5, 0.6) is 11.5 Å². The Bertz CT molecular complexity index is 1210. The third kappa shape index (κ3) is 5.04. The lowest BCUT2D eigenvalue weighted by Crippen LogP contribution is -2.39. The third-order valence-electron chi connectivity index (χ3n) is 5.62. The van der Waals surface area contributed by atoms with E-state index in [1.165, 1.54) is 4.31 Å². The number of ether oxygens (including phenoxy) is 2. The quantitative estimate of drug-likeness (QED) is 0.504. The SMILES string of the molecule is COc1cc(-c2noc([C@H]3CCCN(S(=O)(=O)c4ccc(C)cc4)C3)n2)ccc1OC(C)C. The van der Waals surface area contributed by atoms with E-state index in [4.69, 9.17) is 14.0 Å². The molecule has 1 aliphatic heterocycles. The predicted octanol–water partition coefficient (Wildman–Crippen LogP) is 4.41. The van der Waals surface area contributed by atoms with Crippen molar-refractivity contribution >= 4 is 10.0 Å². The van der Waals surface area contributed by atoms with Gasteiger partial charge in [0, 0.05) is 18.7 Å². The van der Waals surface area contributed by atoms with Crippen LogP contribution in [0.1, 0.15) is 44.1 Å². The Kier molecular flexibility index (Phi) is 6.71. The van der Waals surface area contributed by atoms with Crippen LogP contribution in [-0.4, -0.2) is 49.2 Å². The molecule has 0 bridgehead atoms. The van der Waals surface area contributed by atoms with E-state index >= 15 is 0 Å². The molecule has 3 aromatic rings. The van der Waals surface area contributed by atoms with Gasteiger partial charge in [-0.3, -0.25) is 0 Å². The van der Waals surface area contributed by atoms with Crippen molar-refractivity contribution in [1.29, 1.82) is 0 Å². The summed E-state index contributed by atoms with van der Waals surface area (Å²) in [7, 11) is -1.99. The van der Waals surface area contributed by atoms with Crippen LogP contribution in [0.15, 0.2) is 51.9 Å². The fraction of sp³-hybridized carbons (Fsp3) is 0.417. The molecule has 0 amide bonds. The first-order chi connectivity index (χ1) is 15.8. The zero-order valence-electron chi connectivity index (χ0n) is 19.3. The Morgan fingerprint density at radius 1 is 1.12 bits per heavy atom. The maximum absolute atomic E-state index is 13.1. The Hall–Kier alpha value is -2.91. The molecule has 4 rings (SSSR count). The monoisotopic (exact) mass is 471 g/mol. The third-order valence-corrected chi connectivity index (χ3v) is 7.50. The Morgan fingerprint density at radius 3 is 2.58 bits per heavy atom. The highest BCUT2D eigenvalue weighted by atomic mass is 32.2. The fourth-order valence-electron chi connectivity index (χ4n) is 3.90. The van der Waals surface area contributed by atoms with E-state index in [1.807, 2.05) is 45.0 Å². The number of methoxy groups -OCH3 is 1. The molecule has 1 fully saturated rings. The molecule has 1 aliphatic rings. The average molecular weight is 472 g/mol. The van der Waals surface area contributed by atoms with E-state index < -0.39 is 10.0 Å². The molecule has 0 spiro atoms. The van der Waals surface area contributed by atoms with Gasteiger partial charge < -0.3 is 14.0 Å². The maximum atomic E-state index is 13.1. The molecule has 1 saturated heterocycles. The molecular weight excluding hydrogens is 442 g/mol. The number of aryl methyl sites for hydroxylation is 1. The highest BCUT2D eigenvalue weighted by Gasteiger charge is 2.33. The van der Waals surface area contributed by atoms with Crippen molar-refractivity contribution in [1.82, 2.24) is 14.4 Å². The van der Waals surface area contributed by atoms with E-state index in [0.717, 1.165) is 24.0 Å². The minimum Gasteiger partial charge on any atom is -0.493 e. The second-order valence-corrected chi connectivity index (χ2v) is 10.4. The topological polar surface area (TPSA) is 94.8 Å². The number of nitrogens with zero attached hydrogens (tertiary/aromatic N) is 3. The van der Waals surface area contributed by atoms with Crippen molar-refractivity contribution in [3.63, 3.8) is 0 Å². The van der Waals surface area contributed by atoms with Gasteiger partial charge in [0.25, 0.3) is 0 Å². The lowest BCUT2D eigenvalue weighted by molar-refractivity contribution is 0.230. The molecule has 0 radical (unpaired) electrons. The number of rotatable bonds is 7. The number of benzene rings is 2. The number of hydrogen-bond donors (Lipinski definition) is 0. The van der Waals surface area contributed by atoms with Gasteiger partial charge in [0.2, 0.25) is 21.7 Å². The summed E-state index contributed by atoms with van der Waals surface area (Å²) < 4.78 is 44.5. The van der Waals surface area contributed by atoms with Gasteiger partial charge in [-0.05, 0) is 63.9 Å². The van der Waals surface area contributed by atoms with E-state index in [-0.39, 0.29) is 12.0 Å². The molecule has 0 unspecified atom stereocenters. The van der Waals surface area contributed by atoms with Gasteiger partial charge in [0.1, 0.15) is 0 Å². The molecular formula is C24H29N3O5S. The smallest absolute Gasteiger partial charge is 0.243 e.